The molecule has 6 nitrogen and oxygen atoms in total. The van der Waals surface area contributed by atoms with E-state index in [0.29, 0.717) is 44.1 Å². The van der Waals surface area contributed by atoms with Crippen molar-refractivity contribution in [2.75, 3.05) is 0 Å². The second-order valence-corrected chi connectivity index (χ2v) is 10.5. The second-order valence-electron chi connectivity index (χ2n) is 8.80. The lowest BCUT2D eigenvalue weighted by molar-refractivity contribution is -0.385. The first-order chi connectivity index (χ1) is 18.1. The van der Waals surface area contributed by atoms with Crippen molar-refractivity contribution in [1.82, 2.24) is 0 Å². The zero-order valence-corrected chi connectivity index (χ0v) is 22.7. The summed E-state index contributed by atoms with van der Waals surface area (Å²) in [6.07, 6.45) is 0.761. The van der Waals surface area contributed by atoms with E-state index in [1.807, 2.05) is 24.3 Å². The Kier molecular flexibility index (Phi) is 8.90. The first-order valence-corrected chi connectivity index (χ1v) is 13.0. The molecular weight excluding hydrogens is 570 g/mol. The van der Waals surface area contributed by atoms with Crippen LogP contribution in [0.2, 0.25) is 20.1 Å². The molecule has 194 valence electrons. The minimum absolute atomic E-state index is 0.0314. The first kappa shape index (κ1) is 27.9. The Balaban J connectivity index is 1.90. The van der Waals surface area contributed by atoms with Gasteiger partial charge in [-0.15, -0.1) is 0 Å². The summed E-state index contributed by atoms with van der Waals surface area (Å²) in [4.78, 5) is 22.2. The Bertz CT molecular complexity index is 1510. The SMILES string of the molecule is O=[N+]([O-])c1cccc(C[C@H](c2ccc(Cl)cc2Cl)C(Cc2ccc(Cl)cc2Cl)c2cccc([N+](=O)[O-])c2)c1. The monoisotopic (exact) mass is 588 g/mol. The third-order valence-electron chi connectivity index (χ3n) is 6.39. The zero-order valence-electron chi connectivity index (χ0n) is 19.7. The van der Waals surface area contributed by atoms with Crippen LogP contribution in [0.15, 0.2) is 84.9 Å². The number of hydrogen-bond donors (Lipinski definition) is 0. The van der Waals surface area contributed by atoms with Crippen LogP contribution in [0.5, 0.6) is 0 Å². The molecule has 10 heteroatoms. The van der Waals surface area contributed by atoms with Crippen molar-refractivity contribution in [2.24, 2.45) is 0 Å². The van der Waals surface area contributed by atoms with E-state index in [4.69, 9.17) is 46.4 Å². The van der Waals surface area contributed by atoms with Gasteiger partial charge in [0.25, 0.3) is 11.4 Å². The van der Waals surface area contributed by atoms with Crippen molar-refractivity contribution >= 4 is 57.8 Å². The van der Waals surface area contributed by atoms with E-state index in [2.05, 4.69) is 0 Å². The first-order valence-electron chi connectivity index (χ1n) is 11.5. The van der Waals surface area contributed by atoms with Crippen LogP contribution in [0.1, 0.15) is 34.1 Å². The lowest BCUT2D eigenvalue weighted by Crippen LogP contribution is -2.18. The largest absolute Gasteiger partial charge is 0.269 e. The Labute approximate surface area is 239 Å². The average Bonchev–Trinajstić information content (AvgIpc) is 2.87. The molecule has 0 saturated heterocycles. The standard InChI is InChI=1S/C28H20Cl4N2O4/c29-20-8-7-19(27(31)15-20)14-25(18-4-2-6-23(13-18)34(37)38)26(24-10-9-21(30)16-28(24)32)12-17-3-1-5-22(11-17)33(35)36/h1-11,13,15-16,25-26H,12,14H2/t25?,26-/m1/s1. The number of non-ortho nitro benzene ring substituents is 2. The molecule has 0 aliphatic rings. The number of nitro benzene ring substituents is 2. The Morgan fingerprint density at radius 3 is 1.87 bits per heavy atom. The van der Waals surface area contributed by atoms with Crippen LogP contribution in [0.25, 0.3) is 0 Å². The van der Waals surface area contributed by atoms with Gasteiger partial charge in [0.2, 0.25) is 0 Å². The number of rotatable bonds is 9. The summed E-state index contributed by atoms with van der Waals surface area (Å²) in [5.74, 6) is -0.706. The predicted molar refractivity (Wildman–Crippen MR) is 152 cm³/mol. The summed E-state index contributed by atoms with van der Waals surface area (Å²) in [5.41, 5.74) is 2.88. The molecule has 0 aliphatic carbocycles. The number of hydrogen-bond acceptors (Lipinski definition) is 4. The van der Waals surface area contributed by atoms with Gasteiger partial charge in [-0.2, -0.15) is 0 Å². The highest BCUT2D eigenvalue weighted by molar-refractivity contribution is 6.35. The van der Waals surface area contributed by atoms with Crippen molar-refractivity contribution in [1.29, 1.82) is 0 Å². The van der Waals surface area contributed by atoms with Gasteiger partial charge in [0.1, 0.15) is 0 Å². The van der Waals surface area contributed by atoms with Crippen LogP contribution < -0.4 is 0 Å². The quantitative estimate of drug-likeness (QED) is 0.144. The minimum Gasteiger partial charge on any atom is -0.258 e. The van der Waals surface area contributed by atoms with Crippen LogP contribution in [0.4, 0.5) is 11.4 Å². The van der Waals surface area contributed by atoms with Crippen molar-refractivity contribution in [3.8, 4) is 0 Å². The maximum atomic E-state index is 11.6. The van der Waals surface area contributed by atoms with Gasteiger partial charge < -0.3 is 0 Å². The van der Waals surface area contributed by atoms with Gasteiger partial charge in [-0.3, -0.25) is 20.2 Å². The van der Waals surface area contributed by atoms with E-state index in [-0.39, 0.29) is 23.2 Å². The molecule has 0 fully saturated rings. The fourth-order valence-electron chi connectivity index (χ4n) is 4.61. The molecule has 0 amide bonds. The van der Waals surface area contributed by atoms with Crippen LogP contribution in [-0.2, 0) is 12.8 Å². The van der Waals surface area contributed by atoms with Gasteiger partial charge in [-0.1, -0.05) is 82.8 Å². The summed E-state index contributed by atoms with van der Waals surface area (Å²) in [7, 11) is 0. The Hall–Kier alpha value is -3.16. The number of benzene rings is 4. The molecule has 0 radical (unpaired) electrons. The van der Waals surface area contributed by atoms with Crippen LogP contribution >= 0.6 is 46.4 Å². The third kappa shape index (κ3) is 6.63. The molecule has 0 saturated carbocycles. The predicted octanol–water partition coefficient (Wildman–Crippen LogP) is 9.47. The maximum absolute atomic E-state index is 11.6. The van der Waals surface area contributed by atoms with Crippen LogP contribution in [-0.4, -0.2) is 9.85 Å². The van der Waals surface area contributed by atoms with Gasteiger partial charge >= 0.3 is 0 Å². The van der Waals surface area contributed by atoms with Crippen molar-refractivity contribution in [3.63, 3.8) is 0 Å². The second kappa shape index (κ2) is 12.1. The van der Waals surface area contributed by atoms with Crippen LogP contribution in [0, 0.1) is 20.2 Å². The minimum atomic E-state index is -0.445. The summed E-state index contributed by atoms with van der Waals surface area (Å²) in [5, 5.41) is 24.9. The molecule has 0 N–H and O–H groups in total. The van der Waals surface area contributed by atoms with Gasteiger partial charge in [0.05, 0.1) is 9.85 Å². The number of halogens is 4. The topological polar surface area (TPSA) is 86.3 Å². The van der Waals surface area contributed by atoms with E-state index < -0.39 is 9.85 Å². The van der Waals surface area contributed by atoms with E-state index in [9.17, 15) is 20.2 Å². The average molecular weight is 590 g/mol. The number of nitrogens with zero attached hydrogens (tertiary/aromatic N) is 2. The summed E-state index contributed by atoms with van der Waals surface area (Å²) in [6, 6.07) is 23.2. The van der Waals surface area contributed by atoms with Gasteiger partial charge in [0.15, 0.2) is 0 Å². The van der Waals surface area contributed by atoms with Crippen LogP contribution in [0.3, 0.4) is 0 Å². The molecule has 0 aromatic heterocycles. The van der Waals surface area contributed by atoms with Gasteiger partial charge in [-0.05, 0) is 71.2 Å². The molecule has 38 heavy (non-hydrogen) atoms. The molecule has 0 heterocycles. The van der Waals surface area contributed by atoms with E-state index in [1.54, 1.807) is 42.5 Å². The maximum Gasteiger partial charge on any atom is 0.269 e. The molecule has 4 aromatic carbocycles. The molecule has 1 unspecified atom stereocenters. The fraction of sp³-hybridized carbons (Fsp3) is 0.143. The van der Waals surface area contributed by atoms with Crippen molar-refractivity contribution in [2.45, 2.75) is 24.7 Å². The summed E-state index contributed by atoms with van der Waals surface area (Å²) >= 11 is 25.6. The van der Waals surface area contributed by atoms with E-state index in [1.165, 1.54) is 18.2 Å². The van der Waals surface area contributed by atoms with Crippen molar-refractivity contribution < 1.29 is 9.85 Å². The molecule has 0 spiro atoms. The highest BCUT2D eigenvalue weighted by Crippen LogP contribution is 2.43. The summed E-state index contributed by atoms with van der Waals surface area (Å²) in [6.45, 7) is 0. The normalized spacial score (nSPS) is 12.6. The molecule has 0 bridgehead atoms. The lowest BCUT2D eigenvalue weighted by Gasteiger charge is -2.30. The van der Waals surface area contributed by atoms with E-state index in [0.717, 1.165) is 11.1 Å². The molecule has 4 rings (SSSR count). The number of nitro groups is 2. The van der Waals surface area contributed by atoms with Crippen molar-refractivity contribution in [3.05, 3.63) is 148 Å². The lowest BCUT2D eigenvalue weighted by atomic mass is 9.75. The Morgan fingerprint density at radius 2 is 1.24 bits per heavy atom. The van der Waals surface area contributed by atoms with E-state index >= 15 is 0 Å². The summed E-state index contributed by atoms with van der Waals surface area (Å²) < 4.78 is 0. The van der Waals surface area contributed by atoms with Gasteiger partial charge in [0, 0.05) is 44.4 Å². The smallest absolute Gasteiger partial charge is 0.258 e. The molecule has 2 atom stereocenters. The van der Waals surface area contributed by atoms with Gasteiger partial charge in [-0.25, -0.2) is 0 Å². The highest BCUT2D eigenvalue weighted by Gasteiger charge is 2.29. The zero-order chi connectivity index (χ0) is 27.4. The Morgan fingerprint density at radius 1 is 0.632 bits per heavy atom. The highest BCUT2D eigenvalue weighted by atomic mass is 35.5. The fourth-order valence-corrected chi connectivity index (χ4v) is 5.64. The molecular formula is C28H20Cl4N2O4. The molecule has 4 aromatic rings. The third-order valence-corrected chi connectivity index (χ3v) is 7.54. The molecule has 0 aliphatic heterocycles.